The lowest BCUT2D eigenvalue weighted by Crippen LogP contribution is -2.05. The van der Waals surface area contributed by atoms with Gasteiger partial charge in [-0.25, -0.2) is 0 Å². The summed E-state index contributed by atoms with van der Waals surface area (Å²) >= 11 is 1.57. The molecule has 0 saturated carbocycles. The predicted molar refractivity (Wildman–Crippen MR) is 51.3 cm³/mol. The summed E-state index contributed by atoms with van der Waals surface area (Å²) in [6.07, 6.45) is 2.23. The van der Waals surface area contributed by atoms with E-state index in [1.165, 1.54) is 0 Å². The maximum absolute atomic E-state index is 11.3. The Morgan fingerprint density at radius 1 is 1.31 bits per heavy atom. The predicted octanol–water partition coefficient (Wildman–Crippen LogP) is 1.72. The molecular formula is C10H8O2S. The van der Waals surface area contributed by atoms with Gasteiger partial charge < -0.3 is 0 Å². The standard InChI is InChI=1S/C10H8O2S/c1-13-7-3-2-6-4-9(11)10(12)8(6)5-7/h2-3,5H,4H2,1H3. The van der Waals surface area contributed by atoms with Crippen LogP contribution in [0.3, 0.4) is 0 Å². The van der Waals surface area contributed by atoms with Gasteiger partial charge in [-0.15, -0.1) is 11.8 Å². The van der Waals surface area contributed by atoms with Crippen molar-refractivity contribution in [3.63, 3.8) is 0 Å². The Bertz CT molecular complexity index is 396. The molecule has 0 N–H and O–H groups in total. The van der Waals surface area contributed by atoms with Crippen LogP contribution in [0.5, 0.6) is 0 Å². The van der Waals surface area contributed by atoms with Gasteiger partial charge in [-0.2, -0.15) is 0 Å². The Balaban J connectivity index is 2.54. The Hall–Kier alpha value is -1.09. The zero-order valence-electron chi connectivity index (χ0n) is 7.16. The summed E-state index contributed by atoms with van der Waals surface area (Å²) in [4.78, 5) is 23.4. The molecule has 3 heteroatoms. The van der Waals surface area contributed by atoms with Crippen LogP contribution in [-0.2, 0) is 11.2 Å². The highest BCUT2D eigenvalue weighted by Crippen LogP contribution is 2.24. The van der Waals surface area contributed by atoms with E-state index in [1.54, 1.807) is 17.8 Å². The van der Waals surface area contributed by atoms with Crippen LogP contribution in [0, 0.1) is 0 Å². The molecule has 66 valence electrons. The van der Waals surface area contributed by atoms with Crippen LogP contribution in [0.1, 0.15) is 15.9 Å². The molecule has 2 nitrogen and oxygen atoms in total. The van der Waals surface area contributed by atoms with Crippen LogP contribution in [-0.4, -0.2) is 17.8 Å². The number of benzene rings is 1. The van der Waals surface area contributed by atoms with Gasteiger partial charge in [0.25, 0.3) is 0 Å². The van der Waals surface area contributed by atoms with Crippen LogP contribution in [0.15, 0.2) is 23.1 Å². The van der Waals surface area contributed by atoms with Crippen molar-refractivity contribution in [2.45, 2.75) is 11.3 Å². The molecular weight excluding hydrogens is 184 g/mol. The second-order valence-electron chi connectivity index (χ2n) is 2.95. The van der Waals surface area contributed by atoms with Crippen molar-refractivity contribution in [2.75, 3.05) is 6.26 Å². The molecule has 0 aromatic heterocycles. The van der Waals surface area contributed by atoms with Crippen LogP contribution in [0.2, 0.25) is 0 Å². The smallest absolute Gasteiger partial charge is 0.229 e. The van der Waals surface area contributed by atoms with Gasteiger partial charge in [-0.1, -0.05) is 6.07 Å². The fourth-order valence-electron chi connectivity index (χ4n) is 1.45. The molecule has 2 rings (SSSR count). The molecule has 1 aliphatic rings. The van der Waals surface area contributed by atoms with Crippen LogP contribution in [0.25, 0.3) is 0 Å². The molecule has 0 atom stereocenters. The minimum atomic E-state index is -0.328. The van der Waals surface area contributed by atoms with E-state index in [0.29, 0.717) is 5.56 Å². The molecule has 0 heterocycles. The number of thioether (sulfide) groups is 1. The van der Waals surface area contributed by atoms with Crippen molar-refractivity contribution >= 4 is 23.3 Å². The van der Waals surface area contributed by atoms with E-state index in [0.717, 1.165) is 10.5 Å². The number of rotatable bonds is 1. The Morgan fingerprint density at radius 3 is 2.77 bits per heavy atom. The quantitative estimate of drug-likeness (QED) is 0.502. The molecule has 1 aromatic carbocycles. The Morgan fingerprint density at radius 2 is 2.08 bits per heavy atom. The van der Waals surface area contributed by atoms with Crippen molar-refractivity contribution in [3.05, 3.63) is 29.3 Å². The number of ketones is 2. The third kappa shape index (κ3) is 1.29. The van der Waals surface area contributed by atoms with E-state index in [-0.39, 0.29) is 18.0 Å². The molecule has 1 aliphatic carbocycles. The van der Waals surface area contributed by atoms with Gasteiger partial charge in [-0.3, -0.25) is 9.59 Å². The third-order valence-electron chi connectivity index (χ3n) is 2.17. The number of carbonyl (C=O) groups excluding carboxylic acids is 2. The molecule has 0 spiro atoms. The maximum atomic E-state index is 11.3. The summed E-state index contributed by atoms with van der Waals surface area (Å²) in [7, 11) is 0. The maximum Gasteiger partial charge on any atom is 0.229 e. The van der Waals surface area contributed by atoms with Crippen LogP contribution >= 0.6 is 11.8 Å². The lowest BCUT2D eigenvalue weighted by atomic mass is 10.1. The number of Topliss-reactive ketones (excluding diaryl/α,β-unsaturated/α-hetero) is 2. The normalized spacial score (nSPS) is 14.8. The van der Waals surface area contributed by atoms with E-state index in [4.69, 9.17) is 0 Å². The summed E-state index contributed by atoms with van der Waals surface area (Å²) in [5.41, 5.74) is 1.46. The molecule has 0 unspecified atom stereocenters. The molecule has 0 aliphatic heterocycles. The molecule has 0 fully saturated rings. The summed E-state index contributed by atoms with van der Waals surface area (Å²) in [6.45, 7) is 0. The number of fused-ring (bicyclic) bond motifs is 1. The number of carbonyl (C=O) groups is 2. The summed E-state index contributed by atoms with van der Waals surface area (Å²) in [5, 5.41) is 0. The highest BCUT2D eigenvalue weighted by molar-refractivity contribution is 7.98. The van der Waals surface area contributed by atoms with E-state index in [9.17, 15) is 9.59 Å². The fraction of sp³-hybridized carbons (Fsp3) is 0.200. The minimum absolute atomic E-state index is 0.281. The first-order chi connectivity index (χ1) is 6.22. The van der Waals surface area contributed by atoms with Gasteiger partial charge in [0, 0.05) is 16.9 Å². The van der Waals surface area contributed by atoms with Crippen molar-refractivity contribution in [1.29, 1.82) is 0 Å². The van der Waals surface area contributed by atoms with Crippen molar-refractivity contribution < 1.29 is 9.59 Å². The van der Waals surface area contributed by atoms with Gasteiger partial charge in [-0.05, 0) is 24.0 Å². The van der Waals surface area contributed by atoms with Gasteiger partial charge in [0.2, 0.25) is 11.6 Å². The molecule has 0 amide bonds. The second kappa shape index (κ2) is 3.00. The molecule has 1 aromatic rings. The fourth-order valence-corrected chi connectivity index (χ4v) is 1.89. The zero-order valence-corrected chi connectivity index (χ0v) is 7.98. The van der Waals surface area contributed by atoms with Gasteiger partial charge >= 0.3 is 0 Å². The monoisotopic (exact) mass is 192 g/mol. The Labute approximate surface area is 80.3 Å². The van der Waals surface area contributed by atoms with Gasteiger partial charge in [0.15, 0.2) is 0 Å². The van der Waals surface area contributed by atoms with Gasteiger partial charge in [0.05, 0.1) is 0 Å². The summed E-state index contributed by atoms with van der Waals surface area (Å²) in [6, 6.07) is 5.60. The lowest BCUT2D eigenvalue weighted by molar-refractivity contribution is -0.114. The summed E-state index contributed by atoms with van der Waals surface area (Å²) < 4.78 is 0. The highest BCUT2D eigenvalue weighted by Gasteiger charge is 2.27. The van der Waals surface area contributed by atoms with Crippen molar-refractivity contribution in [1.82, 2.24) is 0 Å². The van der Waals surface area contributed by atoms with E-state index in [2.05, 4.69) is 0 Å². The first-order valence-corrected chi connectivity index (χ1v) is 5.19. The summed E-state index contributed by atoms with van der Waals surface area (Å²) in [5.74, 6) is -0.612. The van der Waals surface area contributed by atoms with E-state index >= 15 is 0 Å². The first kappa shape index (κ1) is 8.51. The average Bonchev–Trinajstić information content (AvgIpc) is 2.43. The molecule has 0 radical (unpaired) electrons. The number of hydrogen-bond acceptors (Lipinski definition) is 3. The zero-order chi connectivity index (χ0) is 9.42. The third-order valence-corrected chi connectivity index (χ3v) is 2.89. The average molecular weight is 192 g/mol. The molecule has 0 saturated heterocycles. The molecule has 13 heavy (non-hydrogen) atoms. The van der Waals surface area contributed by atoms with Crippen molar-refractivity contribution in [3.8, 4) is 0 Å². The van der Waals surface area contributed by atoms with Crippen LogP contribution in [0.4, 0.5) is 0 Å². The van der Waals surface area contributed by atoms with E-state index in [1.807, 2.05) is 18.4 Å². The van der Waals surface area contributed by atoms with Gasteiger partial charge in [0.1, 0.15) is 0 Å². The largest absolute Gasteiger partial charge is 0.290 e. The van der Waals surface area contributed by atoms with E-state index < -0.39 is 0 Å². The highest BCUT2D eigenvalue weighted by atomic mass is 32.2. The lowest BCUT2D eigenvalue weighted by Gasteiger charge is -1.98. The second-order valence-corrected chi connectivity index (χ2v) is 3.83. The first-order valence-electron chi connectivity index (χ1n) is 3.97. The van der Waals surface area contributed by atoms with Crippen molar-refractivity contribution in [2.24, 2.45) is 0 Å². The van der Waals surface area contributed by atoms with Crippen LogP contribution < -0.4 is 0 Å². The SMILES string of the molecule is CSc1ccc2c(c1)C(=O)C(=O)C2. The molecule has 0 bridgehead atoms. The number of hydrogen-bond donors (Lipinski definition) is 0. The Kier molecular flexibility index (Phi) is 1.96. The topological polar surface area (TPSA) is 34.1 Å². The minimum Gasteiger partial charge on any atom is -0.290 e.